The van der Waals surface area contributed by atoms with Crippen LogP contribution >= 0.6 is 0 Å². The fourth-order valence-electron chi connectivity index (χ4n) is 2.74. The fraction of sp³-hybridized carbons (Fsp3) is 0.350. The summed E-state index contributed by atoms with van der Waals surface area (Å²) < 4.78 is 5.10. The summed E-state index contributed by atoms with van der Waals surface area (Å²) in [4.78, 5) is 11.7. The lowest BCUT2D eigenvalue weighted by Gasteiger charge is -2.22. The first kappa shape index (κ1) is 19.0. The lowest BCUT2D eigenvalue weighted by Crippen LogP contribution is -2.30. The molecule has 25 heavy (non-hydrogen) atoms. The maximum absolute atomic E-state index is 11.7. The average molecular weight is 343 g/mol. The van der Waals surface area contributed by atoms with E-state index in [1.54, 1.807) is 0 Å². The van der Waals surface area contributed by atoms with Gasteiger partial charge in [-0.15, -0.1) is 0 Å². The van der Waals surface area contributed by atoms with E-state index in [2.05, 4.69) is 5.32 Å². The van der Waals surface area contributed by atoms with Crippen LogP contribution in [0.5, 0.6) is 0 Å². The number of rotatable bonds is 7. The van der Waals surface area contributed by atoms with Crippen molar-refractivity contribution < 1.29 is 19.7 Å². The molecule has 0 spiro atoms. The molecule has 134 valence electrons. The Morgan fingerprint density at radius 3 is 2.32 bits per heavy atom. The largest absolute Gasteiger partial charge is 0.445 e. The zero-order valence-electron chi connectivity index (χ0n) is 14.6. The van der Waals surface area contributed by atoms with Crippen LogP contribution < -0.4 is 5.32 Å². The van der Waals surface area contributed by atoms with Gasteiger partial charge >= 0.3 is 6.09 Å². The highest BCUT2D eigenvalue weighted by atomic mass is 16.5. The van der Waals surface area contributed by atoms with Crippen LogP contribution in [0, 0.1) is 13.8 Å². The quantitative estimate of drug-likeness (QED) is 0.722. The number of carbonyl (C=O) groups is 1. The predicted molar refractivity (Wildman–Crippen MR) is 96.1 cm³/mol. The fourth-order valence-corrected chi connectivity index (χ4v) is 2.74. The average Bonchev–Trinajstić information content (AvgIpc) is 2.60. The molecule has 0 saturated heterocycles. The van der Waals surface area contributed by atoms with Gasteiger partial charge in [0.2, 0.25) is 0 Å². The van der Waals surface area contributed by atoms with Gasteiger partial charge in [-0.3, -0.25) is 0 Å². The topological polar surface area (TPSA) is 78.8 Å². The van der Waals surface area contributed by atoms with Crippen LogP contribution in [0.3, 0.4) is 0 Å². The van der Waals surface area contributed by atoms with E-state index in [1.807, 2.05) is 62.4 Å². The van der Waals surface area contributed by atoms with E-state index in [9.17, 15) is 15.0 Å². The van der Waals surface area contributed by atoms with E-state index in [-0.39, 0.29) is 19.6 Å². The summed E-state index contributed by atoms with van der Waals surface area (Å²) in [6.45, 7) is 4.21. The third-order valence-corrected chi connectivity index (χ3v) is 4.12. The third-order valence-electron chi connectivity index (χ3n) is 4.12. The van der Waals surface area contributed by atoms with Gasteiger partial charge < -0.3 is 20.3 Å². The number of aliphatic hydroxyl groups is 2. The van der Waals surface area contributed by atoms with Crippen molar-refractivity contribution in [3.05, 3.63) is 70.8 Å². The molecule has 0 heterocycles. The van der Waals surface area contributed by atoms with Gasteiger partial charge in [0.1, 0.15) is 12.7 Å². The molecule has 0 bridgehead atoms. The van der Waals surface area contributed by atoms with Crippen LogP contribution in [0.15, 0.2) is 48.5 Å². The van der Waals surface area contributed by atoms with E-state index >= 15 is 0 Å². The second-order valence-electron chi connectivity index (χ2n) is 6.09. The standard InChI is InChI=1S/C20H25NO4/c1-14-7-6-8-15(2)18(14)19(23)17(22)11-12-21-20(24)25-13-16-9-4-3-5-10-16/h3-10,17,19,22-23H,11-13H2,1-2H3,(H,21,24). The van der Waals surface area contributed by atoms with Crippen molar-refractivity contribution in [3.8, 4) is 0 Å². The van der Waals surface area contributed by atoms with Crippen molar-refractivity contribution in [1.82, 2.24) is 5.32 Å². The normalized spacial score (nSPS) is 13.1. The van der Waals surface area contributed by atoms with Gasteiger partial charge in [-0.1, -0.05) is 48.5 Å². The summed E-state index contributed by atoms with van der Waals surface area (Å²) in [6, 6.07) is 15.1. The molecule has 3 N–H and O–H groups in total. The molecule has 0 saturated carbocycles. The van der Waals surface area contributed by atoms with Crippen molar-refractivity contribution in [2.24, 2.45) is 0 Å². The molecule has 0 aliphatic carbocycles. The SMILES string of the molecule is Cc1cccc(C)c1C(O)C(O)CCNC(=O)OCc1ccccc1. The minimum Gasteiger partial charge on any atom is -0.445 e. The molecule has 2 aromatic carbocycles. The molecule has 5 nitrogen and oxygen atoms in total. The van der Waals surface area contributed by atoms with E-state index in [0.29, 0.717) is 0 Å². The summed E-state index contributed by atoms with van der Waals surface area (Å²) in [5.41, 5.74) is 3.51. The van der Waals surface area contributed by atoms with Gasteiger partial charge in [-0.05, 0) is 42.5 Å². The highest BCUT2D eigenvalue weighted by Gasteiger charge is 2.21. The summed E-state index contributed by atoms with van der Waals surface area (Å²) in [5.74, 6) is 0. The van der Waals surface area contributed by atoms with Crippen LogP contribution in [0.1, 0.15) is 34.8 Å². The Balaban J connectivity index is 1.76. The molecule has 1 amide bonds. The van der Waals surface area contributed by atoms with Gasteiger partial charge in [0.25, 0.3) is 0 Å². The number of aliphatic hydroxyl groups excluding tert-OH is 2. The van der Waals surface area contributed by atoms with Crippen molar-refractivity contribution >= 4 is 6.09 Å². The molecule has 0 aliphatic heterocycles. The first-order valence-corrected chi connectivity index (χ1v) is 8.36. The summed E-state index contributed by atoms with van der Waals surface area (Å²) in [5, 5.41) is 23.2. The highest BCUT2D eigenvalue weighted by molar-refractivity contribution is 5.67. The number of hydrogen-bond acceptors (Lipinski definition) is 4. The zero-order chi connectivity index (χ0) is 18.2. The number of ether oxygens (including phenoxy) is 1. The zero-order valence-corrected chi connectivity index (χ0v) is 14.6. The van der Waals surface area contributed by atoms with Crippen molar-refractivity contribution in [3.63, 3.8) is 0 Å². The van der Waals surface area contributed by atoms with Gasteiger partial charge in [-0.25, -0.2) is 4.79 Å². The lowest BCUT2D eigenvalue weighted by molar-refractivity contribution is 0.0129. The number of aryl methyl sites for hydroxylation is 2. The molecule has 2 aromatic rings. The first-order valence-electron chi connectivity index (χ1n) is 8.36. The predicted octanol–water partition coefficient (Wildman–Crippen LogP) is 3.01. The van der Waals surface area contributed by atoms with Crippen LogP contribution in [-0.4, -0.2) is 29.0 Å². The van der Waals surface area contributed by atoms with Gasteiger partial charge in [0.15, 0.2) is 0 Å². The molecular weight excluding hydrogens is 318 g/mol. The summed E-state index contributed by atoms with van der Waals surface area (Å²) in [7, 11) is 0. The molecule has 2 atom stereocenters. The molecule has 2 unspecified atom stereocenters. The summed E-state index contributed by atoms with van der Waals surface area (Å²) >= 11 is 0. The second-order valence-corrected chi connectivity index (χ2v) is 6.09. The molecular formula is C20H25NO4. The Kier molecular flexibility index (Phi) is 6.98. The number of carbonyl (C=O) groups excluding carboxylic acids is 1. The van der Waals surface area contributed by atoms with Crippen molar-refractivity contribution in [2.75, 3.05) is 6.54 Å². The maximum atomic E-state index is 11.7. The maximum Gasteiger partial charge on any atom is 0.407 e. The van der Waals surface area contributed by atoms with E-state index < -0.39 is 18.3 Å². The molecule has 2 rings (SSSR count). The van der Waals surface area contributed by atoms with Crippen LogP contribution in [0.25, 0.3) is 0 Å². The van der Waals surface area contributed by atoms with Crippen LogP contribution in [0.2, 0.25) is 0 Å². The smallest absolute Gasteiger partial charge is 0.407 e. The van der Waals surface area contributed by atoms with Crippen molar-refractivity contribution in [2.45, 2.75) is 39.1 Å². The number of nitrogens with one attached hydrogen (secondary N) is 1. The van der Waals surface area contributed by atoms with E-state index in [0.717, 1.165) is 22.3 Å². The minimum atomic E-state index is -0.983. The Bertz CT molecular complexity index is 667. The number of benzene rings is 2. The van der Waals surface area contributed by atoms with Crippen LogP contribution in [0.4, 0.5) is 4.79 Å². The Morgan fingerprint density at radius 2 is 1.68 bits per heavy atom. The molecule has 0 aromatic heterocycles. The van der Waals surface area contributed by atoms with Gasteiger partial charge in [-0.2, -0.15) is 0 Å². The first-order chi connectivity index (χ1) is 12.0. The summed E-state index contributed by atoms with van der Waals surface area (Å²) in [6.07, 6.45) is -2.26. The van der Waals surface area contributed by atoms with E-state index in [1.165, 1.54) is 0 Å². The highest BCUT2D eigenvalue weighted by Crippen LogP contribution is 2.25. The monoisotopic (exact) mass is 343 g/mol. The van der Waals surface area contributed by atoms with E-state index in [4.69, 9.17) is 4.74 Å². The van der Waals surface area contributed by atoms with Crippen molar-refractivity contribution in [1.29, 1.82) is 0 Å². The Labute approximate surface area is 148 Å². The molecule has 0 radical (unpaired) electrons. The third kappa shape index (κ3) is 5.59. The number of alkyl carbamates (subject to hydrolysis) is 1. The second kappa shape index (κ2) is 9.20. The van der Waals surface area contributed by atoms with Gasteiger partial charge in [0, 0.05) is 6.54 Å². The minimum absolute atomic E-state index is 0.195. The Hall–Kier alpha value is -2.37. The lowest BCUT2D eigenvalue weighted by atomic mass is 9.94. The number of amides is 1. The Morgan fingerprint density at radius 1 is 1.04 bits per heavy atom. The molecule has 0 aliphatic rings. The van der Waals surface area contributed by atoms with Gasteiger partial charge in [0.05, 0.1) is 6.10 Å². The molecule has 5 heteroatoms. The number of hydrogen-bond donors (Lipinski definition) is 3. The molecule has 0 fully saturated rings. The van der Waals surface area contributed by atoms with Crippen LogP contribution in [-0.2, 0) is 11.3 Å².